The van der Waals surface area contributed by atoms with Crippen molar-refractivity contribution in [2.45, 2.75) is 31.1 Å². The van der Waals surface area contributed by atoms with Crippen molar-refractivity contribution in [2.75, 3.05) is 25.2 Å². The van der Waals surface area contributed by atoms with Gasteiger partial charge in [0.2, 0.25) is 0 Å². The third kappa shape index (κ3) is 3.78. The van der Waals surface area contributed by atoms with Gasteiger partial charge in [-0.15, -0.1) is 0 Å². The van der Waals surface area contributed by atoms with Gasteiger partial charge in [-0.1, -0.05) is 0 Å². The number of pyridine rings is 2. The van der Waals surface area contributed by atoms with E-state index in [4.69, 9.17) is 10.5 Å². The van der Waals surface area contributed by atoms with Crippen LogP contribution in [0, 0.1) is 5.82 Å². The topological polar surface area (TPSA) is 115 Å². The summed E-state index contributed by atoms with van der Waals surface area (Å²) in [6.45, 7) is 5.23. The van der Waals surface area contributed by atoms with Crippen molar-refractivity contribution in [3.05, 3.63) is 54.1 Å². The molecule has 0 fully saturated rings. The van der Waals surface area contributed by atoms with E-state index in [0.717, 1.165) is 5.39 Å². The van der Waals surface area contributed by atoms with Crippen LogP contribution in [0.5, 0.6) is 5.75 Å². The average Bonchev–Trinajstić information content (AvgIpc) is 2.78. The third-order valence-corrected chi connectivity index (χ3v) is 9.52. The number of halogens is 1. The van der Waals surface area contributed by atoms with Crippen LogP contribution in [0.15, 0.2) is 52.1 Å². The van der Waals surface area contributed by atoms with Crippen LogP contribution in [0.25, 0.3) is 10.9 Å². The fourth-order valence-corrected chi connectivity index (χ4v) is 6.28. The second kappa shape index (κ2) is 7.95. The number of fused-ring (bicyclic) bond motifs is 1. The van der Waals surface area contributed by atoms with Crippen molar-refractivity contribution in [3.63, 3.8) is 0 Å². The Morgan fingerprint density at radius 2 is 1.97 bits per heavy atom. The maximum atomic E-state index is 15.0. The molecule has 1 unspecified atom stereocenters. The van der Waals surface area contributed by atoms with E-state index >= 15 is 4.39 Å². The van der Waals surface area contributed by atoms with Crippen LogP contribution >= 0.6 is 0 Å². The quantitative estimate of drug-likeness (QED) is 0.596. The van der Waals surface area contributed by atoms with Gasteiger partial charge in [-0.05, 0) is 51.1 Å². The number of ether oxygens (including phenoxy) is 1. The molecule has 3 N–H and O–H groups in total. The lowest BCUT2D eigenvalue weighted by Crippen LogP contribution is -2.54. The predicted molar refractivity (Wildman–Crippen MR) is 130 cm³/mol. The molecule has 174 valence electrons. The van der Waals surface area contributed by atoms with E-state index in [9.17, 15) is 4.21 Å². The van der Waals surface area contributed by atoms with Crippen LogP contribution in [0.3, 0.4) is 0 Å². The largest absolute Gasteiger partial charge is 0.495 e. The maximum Gasteiger partial charge on any atom is 0.156 e. The molecule has 4 rings (SSSR count). The minimum atomic E-state index is -2.79. The highest BCUT2D eigenvalue weighted by molar-refractivity contribution is 7.95. The summed E-state index contributed by atoms with van der Waals surface area (Å²) >= 11 is 0. The fraction of sp³-hybridized carbons (Fsp3) is 0.348. The number of anilines is 2. The van der Waals surface area contributed by atoms with E-state index < -0.39 is 25.8 Å². The van der Waals surface area contributed by atoms with Crippen molar-refractivity contribution in [3.8, 4) is 5.75 Å². The molecule has 0 aliphatic carbocycles. The Balaban J connectivity index is 1.78. The highest BCUT2D eigenvalue weighted by Crippen LogP contribution is 2.40. The van der Waals surface area contributed by atoms with Gasteiger partial charge in [0, 0.05) is 29.9 Å². The third-order valence-electron chi connectivity index (χ3n) is 6.17. The van der Waals surface area contributed by atoms with Gasteiger partial charge in [-0.3, -0.25) is 4.99 Å². The Hall–Kier alpha value is -3.27. The summed E-state index contributed by atoms with van der Waals surface area (Å²) in [7, 11) is 0.297. The van der Waals surface area contributed by atoms with Crippen molar-refractivity contribution in [1.82, 2.24) is 9.97 Å². The van der Waals surface area contributed by atoms with E-state index in [1.54, 1.807) is 52.4 Å². The van der Waals surface area contributed by atoms with Gasteiger partial charge in [0.05, 0.1) is 28.8 Å². The number of nitrogens with two attached hydrogens (primary N) is 1. The molecule has 0 radical (unpaired) electrons. The molecule has 0 amide bonds. The van der Waals surface area contributed by atoms with E-state index in [0.29, 0.717) is 22.8 Å². The number of hydrogen-bond acceptors (Lipinski definition) is 8. The number of aromatic nitrogens is 2. The van der Waals surface area contributed by atoms with Crippen LogP contribution < -0.4 is 15.8 Å². The lowest BCUT2D eigenvalue weighted by Gasteiger charge is -2.40. The van der Waals surface area contributed by atoms with Crippen molar-refractivity contribution < 1.29 is 13.3 Å². The Morgan fingerprint density at radius 3 is 2.67 bits per heavy atom. The molecule has 2 aromatic heterocycles. The summed E-state index contributed by atoms with van der Waals surface area (Å²) in [5.41, 5.74) is 6.58. The highest BCUT2D eigenvalue weighted by Gasteiger charge is 2.47. The molecular weight excluding hydrogens is 443 g/mol. The summed E-state index contributed by atoms with van der Waals surface area (Å²) in [6, 6.07) is 8.29. The second-order valence-corrected chi connectivity index (χ2v) is 11.6. The van der Waals surface area contributed by atoms with Gasteiger partial charge >= 0.3 is 0 Å². The summed E-state index contributed by atoms with van der Waals surface area (Å²) in [5.74, 6) is 0.929. The predicted octanol–water partition coefficient (Wildman–Crippen LogP) is 3.98. The molecule has 33 heavy (non-hydrogen) atoms. The Kier molecular flexibility index (Phi) is 5.52. The zero-order valence-electron chi connectivity index (χ0n) is 19.2. The first-order chi connectivity index (χ1) is 15.5. The molecule has 10 heteroatoms. The lowest BCUT2D eigenvalue weighted by atomic mass is 9.92. The van der Waals surface area contributed by atoms with Gasteiger partial charge in [-0.25, -0.2) is 22.9 Å². The van der Waals surface area contributed by atoms with Crippen LogP contribution in [0.4, 0.5) is 15.9 Å². The molecule has 0 saturated carbocycles. The molecular formula is C23H27FN6O2S. The number of nitrogens with one attached hydrogen (secondary N) is 1. The number of rotatable bonds is 4. The second-order valence-electron chi connectivity index (χ2n) is 8.67. The van der Waals surface area contributed by atoms with Gasteiger partial charge in [0.1, 0.15) is 33.2 Å². The Bertz CT molecular complexity index is 1400. The number of aliphatic imine (C=N–C) groups is 1. The monoisotopic (exact) mass is 470 g/mol. The van der Waals surface area contributed by atoms with Gasteiger partial charge < -0.3 is 15.8 Å². The van der Waals surface area contributed by atoms with Crippen molar-refractivity contribution in [1.29, 1.82) is 0 Å². The fourth-order valence-electron chi connectivity index (χ4n) is 3.98. The minimum absolute atomic E-state index is 0.0540. The molecule has 0 spiro atoms. The molecule has 3 aromatic rings. The smallest absolute Gasteiger partial charge is 0.156 e. The zero-order valence-corrected chi connectivity index (χ0v) is 20.0. The minimum Gasteiger partial charge on any atom is -0.495 e. The lowest BCUT2D eigenvalue weighted by molar-refractivity contribution is 0.414. The standard InChI is InChI=1S/C23H27FN6O2S/c1-22(2)21(25)30-23(3,13-33(22,31)26-4)17-11-15(6-7-18(17)24)29-20-19-14(8-9-27-20)10-16(32-5)12-28-19/h6-12H,13H2,1-5H3,(H2,25,30)(H,27,29)/t23-,33?/m0/s1. The molecule has 8 nitrogen and oxygen atoms in total. The van der Waals surface area contributed by atoms with Crippen LogP contribution in [0.2, 0.25) is 0 Å². The summed E-state index contributed by atoms with van der Waals surface area (Å²) in [6.07, 6.45) is 3.27. The van der Waals surface area contributed by atoms with E-state index in [2.05, 4.69) is 24.6 Å². The Morgan fingerprint density at radius 1 is 1.21 bits per heavy atom. The van der Waals surface area contributed by atoms with Gasteiger partial charge in [-0.2, -0.15) is 0 Å². The van der Waals surface area contributed by atoms with Gasteiger partial charge in [0.25, 0.3) is 0 Å². The highest BCUT2D eigenvalue weighted by atomic mass is 32.2. The average molecular weight is 471 g/mol. The number of amidine groups is 1. The molecule has 0 saturated heterocycles. The SMILES string of the molecule is CN=S1(=O)C[C@@](C)(c2cc(Nc3nccc4cc(OC)cnc34)ccc2F)N=C(N)C1(C)C. The number of methoxy groups -OCH3 is 1. The van der Waals surface area contributed by atoms with Crippen LogP contribution in [0.1, 0.15) is 26.3 Å². The molecule has 3 heterocycles. The first kappa shape index (κ1) is 22.9. The van der Waals surface area contributed by atoms with E-state index in [-0.39, 0.29) is 17.2 Å². The summed E-state index contributed by atoms with van der Waals surface area (Å²) < 4.78 is 37.2. The van der Waals surface area contributed by atoms with Crippen molar-refractivity contribution >= 4 is 38.0 Å². The number of benzene rings is 1. The number of hydrogen-bond donors (Lipinski definition) is 2. The van der Waals surface area contributed by atoms with E-state index in [1.807, 2.05) is 12.1 Å². The molecule has 1 aromatic carbocycles. The Labute approximate surface area is 192 Å². The molecule has 2 atom stereocenters. The maximum absolute atomic E-state index is 15.0. The zero-order chi connectivity index (χ0) is 24.0. The van der Waals surface area contributed by atoms with E-state index in [1.165, 1.54) is 13.1 Å². The normalized spacial score (nSPS) is 24.2. The first-order valence-electron chi connectivity index (χ1n) is 10.4. The van der Waals surface area contributed by atoms with Crippen LogP contribution in [-0.2, 0) is 15.3 Å². The first-order valence-corrected chi connectivity index (χ1v) is 12.1. The van der Waals surface area contributed by atoms with Gasteiger partial charge in [0.15, 0.2) is 5.82 Å². The summed E-state index contributed by atoms with van der Waals surface area (Å²) in [5, 5.41) is 4.06. The number of nitrogens with zero attached hydrogens (tertiary/aromatic N) is 4. The molecule has 0 bridgehead atoms. The summed E-state index contributed by atoms with van der Waals surface area (Å²) in [4.78, 5) is 13.4. The van der Waals surface area contributed by atoms with Crippen molar-refractivity contribution in [2.24, 2.45) is 15.1 Å². The molecule has 1 aliphatic heterocycles. The van der Waals surface area contributed by atoms with Crippen LogP contribution in [-0.4, -0.2) is 44.7 Å². The molecule has 1 aliphatic rings.